The predicted octanol–water partition coefficient (Wildman–Crippen LogP) is 2.05. The van der Waals surface area contributed by atoms with Crippen molar-refractivity contribution in [1.82, 2.24) is 5.32 Å². The molecule has 0 aliphatic carbocycles. The summed E-state index contributed by atoms with van der Waals surface area (Å²) in [6.45, 7) is 2.94. The van der Waals surface area contributed by atoms with E-state index >= 15 is 0 Å². The van der Waals surface area contributed by atoms with E-state index in [2.05, 4.69) is 5.32 Å². The van der Waals surface area contributed by atoms with Gasteiger partial charge >= 0.3 is 0 Å². The topological polar surface area (TPSA) is 29.1 Å². The molecule has 0 spiro atoms. The first kappa shape index (κ1) is 10.9. The van der Waals surface area contributed by atoms with Crippen LogP contribution in [0.2, 0.25) is 0 Å². The molecule has 0 aromatic heterocycles. The number of amides is 1. The van der Waals surface area contributed by atoms with Crippen LogP contribution >= 0.6 is 11.8 Å². The normalized spacial score (nSPS) is 18.5. The van der Waals surface area contributed by atoms with Crippen molar-refractivity contribution in [3.8, 4) is 0 Å². The van der Waals surface area contributed by atoms with Gasteiger partial charge in [0, 0.05) is 13.0 Å². The van der Waals surface area contributed by atoms with E-state index in [-0.39, 0.29) is 5.91 Å². The number of thioether (sulfide) groups is 1. The zero-order valence-corrected chi connectivity index (χ0v) is 9.16. The van der Waals surface area contributed by atoms with Gasteiger partial charge in [-0.25, -0.2) is 0 Å². The van der Waals surface area contributed by atoms with Crippen molar-refractivity contribution in [1.29, 1.82) is 0 Å². The van der Waals surface area contributed by atoms with Crippen molar-refractivity contribution < 1.29 is 4.79 Å². The Morgan fingerprint density at radius 3 is 2.77 bits per heavy atom. The standard InChI is InChI=1S/C10H19NOS/c1-2-3-10(12)11-8-9-4-6-13-7-5-9/h9H,2-8H2,1H3,(H,11,12). The first-order chi connectivity index (χ1) is 6.33. The highest BCUT2D eigenvalue weighted by molar-refractivity contribution is 7.99. The summed E-state index contributed by atoms with van der Waals surface area (Å²) < 4.78 is 0. The first-order valence-corrected chi connectivity index (χ1v) is 6.33. The fourth-order valence-electron chi connectivity index (χ4n) is 1.52. The second kappa shape index (κ2) is 6.30. The van der Waals surface area contributed by atoms with Crippen LogP contribution < -0.4 is 5.32 Å². The molecule has 13 heavy (non-hydrogen) atoms. The Labute approximate surface area is 84.9 Å². The molecule has 1 aliphatic heterocycles. The van der Waals surface area contributed by atoms with Crippen LogP contribution in [0.3, 0.4) is 0 Å². The second-order valence-electron chi connectivity index (χ2n) is 3.61. The Morgan fingerprint density at radius 1 is 1.46 bits per heavy atom. The van der Waals surface area contributed by atoms with Gasteiger partial charge in [0.05, 0.1) is 0 Å². The summed E-state index contributed by atoms with van der Waals surface area (Å²) in [4.78, 5) is 11.2. The third kappa shape index (κ3) is 4.55. The van der Waals surface area contributed by atoms with Crippen molar-refractivity contribution in [3.05, 3.63) is 0 Å². The summed E-state index contributed by atoms with van der Waals surface area (Å²) in [5, 5.41) is 3.01. The molecule has 0 aromatic rings. The van der Waals surface area contributed by atoms with E-state index in [9.17, 15) is 4.79 Å². The molecule has 1 fully saturated rings. The summed E-state index contributed by atoms with van der Waals surface area (Å²) in [6, 6.07) is 0. The minimum atomic E-state index is 0.223. The number of hydrogen-bond donors (Lipinski definition) is 1. The van der Waals surface area contributed by atoms with Gasteiger partial charge in [0.2, 0.25) is 5.91 Å². The van der Waals surface area contributed by atoms with E-state index < -0.39 is 0 Å². The molecule has 0 bridgehead atoms. The van der Waals surface area contributed by atoms with Crippen LogP contribution in [0, 0.1) is 5.92 Å². The zero-order valence-electron chi connectivity index (χ0n) is 8.34. The summed E-state index contributed by atoms with van der Waals surface area (Å²) in [5.41, 5.74) is 0. The lowest BCUT2D eigenvalue weighted by molar-refractivity contribution is -0.121. The number of hydrogen-bond acceptors (Lipinski definition) is 2. The SMILES string of the molecule is CCCC(=O)NCC1CCSCC1. The summed E-state index contributed by atoms with van der Waals surface area (Å²) in [5.74, 6) is 3.51. The van der Waals surface area contributed by atoms with Crippen molar-refractivity contribution in [3.63, 3.8) is 0 Å². The zero-order chi connectivity index (χ0) is 9.52. The van der Waals surface area contributed by atoms with E-state index in [1.807, 2.05) is 18.7 Å². The van der Waals surface area contributed by atoms with Crippen LogP contribution in [0.1, 0.15) is 32.6 Å². The van der Waals surface area contributed by atoms with E-state index in [1.165, 1.54) is 24.3 Å². The lowest BCUT2D eigenvalue weighted by atomic mass is 10.0. The van der Waals surface area contributed by atoms with Gasteiger partial charge in [-0.05, 0) is 36.7 Å². The van der Waals surface area contributed by atoms with Gasteiger partial charge in [0.15, 0.2) is 0 Å². The molecule has 76 valence electrons. The average molecular weight is 201 g/mol. The molecular formula is C10H19NOS. The maximum Gasteiger partial charge on any atom is 0.219 e. The molecule has 0 saturated carbocycles. The van der Waals surface area contributed by atoms with Crippen molar-refractivity contribution in [2.75, 3.05) is 18.1 Å². The minimum Gasteiger partial charge on any atom is -0.356 e. The molecule has 0 atom stereocenters. The quantitative estimate of drug-likeness (QED) is 0.754. The fraction of sp³-hybridized carbons (Fsp3) is 0.900. The fourth-order valence-corrected chi connectivity index (χ4v) is 2.73. The van der Waals surface area contributed by atoms with Gasteiger partial charge in [-0.1, -0.05) is 6.92 Å². The van der Waals surface area contributed by atoms with Crippen LogP contribution in [0.15, 0.2) is 0 Å². The highest BCUT2D eigenvalue weighted by Gasteiger charge is 2.13. The van der Waals surface area contributed by atoms with Crippen LogP contribution in [0.4, 0.5) is 0 Å². The molecule has 1 aliphatic rings. The van der Waals surface area contributed by atoms with Gasteiger partial charge in [-0.2, -0.15) is 11.8 Å². The number of carbonyl (C=O) groups is 1. The van der Waals surface area contributed by atoms with Gasteiger partial charge in [-0.3, -0.25) is 4.79 Å². The summed E-state index contributed by atoms with van der Waals surface area (Å²) >= 11 is 2.03. The van der Waals surface area contributed by atoms with Gasteiger partial charge in [-0.15, -0.1) is 0 Å². The predicted molar refractivity (Wildman–Crippen MR) is 58.0 cm³/mol. The summed E-state index contributed by atoms with van der Waals surface area (Å²) in [6.07, 6.45) is 4.18. The Morgan fingerprint density at radius 2 is 2.15 bits per heavy atom. The Balaban J connectivity index is 2.06. The van der Waals surface area contributed by atoms with E-state index in [0.717, 1.165) is 18.9 Å². The number of carbonyl (C=O) groups excluding carboxylic acids is 1. The summed E-state index contributed by atoms with van der Waals surface area (Å²) in [7, 11) is 0. The molecule has 0 radical (unpaired) electrons. The van der Waals surface area contributed by atoms with Gasteiger partial charge in [0.1, 0.15) is 0 Å². The third-order valence-corrected chi connectivity index (χ3v) is 3.45. The third-order valence-electron chi connectivity index (χ3n) is 2.41. The van der Waals surface area contributed by atoms with Gasteiger partial charge < -0.3 is 5.32 Å². The monoisotopic (exact) mass is 201 g/mol. The molecule has 1 amide bonds. The molecule has 1 saturated heterocycles. The highest BCUT2D eigenvalue weighted by Crippen LogP contribution is 2.21. The maximum atomic E-state index is 11.2. The smallest absolute Gasteiger partial charge is 0.219 e. The Hall–Kier alpha value is -0.180. The number of rotatable bonds is 4. The van der Waals surface area contributed by atoms with Crippen molar-refractivity contribution >= 4 is 17.7 Å². The van der Waals surface area contributed by atoms with Crippen molar-refractivity contribution in [2.24, 2.45) is 5.92 Å². The second-order valence-corrected chi connectivity index (χ2v) is 4.83. The van der Waals surface area contributed by atoms with Crippen LogP contribution in [-0.4, -0.2) is 24.0 Å². The highest BCUT2D eigenvalue weighted by atomic mass is 32.2. The van der Waals surface area contributed by atoms with E-state index in [4.69, 9.17) is 0 Å². The van der Waals surface area contributed by atoms with Crippen LogP contribution in [0.25, 0.3) is 0 Å². The largest absolute Gasteiger partial charge is 0.356 e. The molecule has 1 N–H and O–H groups in total. The molecule has 2 nitrogen and oxygen atoms in total. The van der Waals surface area contributed by atoms with E-state index in [1.54, 1.807) is 0 Å². The molecule has 3 heteroatoms. The minimum absolute atomic E-state index is 0.223. The van der Waals surface area contributed by atoms with E-state index in [0.29, 0.717) is 6.42 Å². The maximum absolute atomic E-state index is 11.2. The lowest BCUT2D eigenvalue weighted by Crippen LogP contribution is -2.30. The van der Waals surface area contributed by atoms with Crippen LogP contribution in [-0.2, 0) is 4.79 Å². The molecule has 1 rings (SSSR count). The molecular weight excluding hydrogens is 182 g/mol. The Bertz CT molecular complexity index is 155. The molecule has 0 unspecified atom stereocenters. The number of nitrogens with one attached hydrogen (secondary N) is 1. The Kier molecular flexibility index (Phi) is 5.28. The molecule has 1 heterocycles. The lowest BCUT2D eigenvalue weighted by Gasteiger charge is -2.21. The average Bonchev–Trinajstić information content (AvgIpc) is 2.17. The van der Waals surface area contributed by atoms with Crippen LogP contribution in [0.5, 0.6) is 0 Å². The molecule has 0 aromatic carbocycles. The first-order valence-electron chi connectivity index (χ1n) is 5.17. The van der Waals surface area contributed by atoms with Crippen molar-refractivity contribution in [2.45, 2.75) is 32.6 Å². The van der Waals surface area contributed by atoms with Gasteiger partial charge in [0.25, 0.3) is 0 Å².